The zero-order valence-electron chi connectivity index (χ0n) is 42.2. The van der Waals surface area contributed by atoms with Gasteiger partial charge in [-0.3, -0.25) is 14.4 Å². The van der Waals surface area contributed by atoms with Gasteiger partial charge in [-0.2, -0.15) is 0 Å². The first kappa shape index (κ1) is 61.3. The van der Waals surface area contributed by atoms with Crippen molar-refractivity contribution in [2.24, 2.45) is 0 Å². The standard InChI is InChI=1S/C59H98O6/c1-4-7-10-13-16-19-22-25-28-29-32-34-37-40-43-46-49-52-58(61)64-55-56(65-59(62)53-50-47-44-41-38-35-31-27-24-21-18-15-12-9-6-3)54-63-57(60)51-48-45-42-39-36-33-30-26-23-20-17-14-11-8-5-2/h8-9,11-12,16-21,25-28,30-31,56H,4-7,10,13-15,22-24,29,32-55H2,1-3H3/b11-8+,12-9+,19-16+,20-17+,21-18+,28-25+,30-26+,31-27+/t56-/m1/s1. The van der Waals surface area contributed by atoms with Crippen LogP contribution in [0.5, 0.6) is 0 Å². The first-order valence-corrected chi connectivity index (χ1v) is 26.7. The van der Waals surface area contributed by atoms with E-state index in [0.717, 1.165) is 148 Å². The van der Waals surface area contributed by atoms with Crippen molar-refractivity contribution >= 4 is 17.9 Å². The molecule has 0 rings (SSSR count). The molecule has 370 valence electrons. The van der Waals surface area contributed by atoms with Crippen molar-refractivity contribution in [1.82, 2.24) is 0 Å². The van der Waals surface area contributed by atoms with Gasteiger partial charge in [-0.15, -0.1) is 0 Å². The van der Waals surface area contributed by atoms with Gasteiger partial charge in [0.2, 0.25) is 0 Å². The van der Waals surface area contributed by atoms with E-state index in [0.29, 0.717) is 19.3 Å². The first-order valence-electron chi connectivity index (χ1n) is 26.7. The Morgan fingerprint density at radius 2 is 0.600 bits per heavy atom. The third-order valence-electron chi connectivity index (χ3n) is 11.1. The summed E-state index contributed by atoms with van der Waals surface area (Å²) < 4.78 is 16.8. The van der Waals surface area contributed by atoms with E-state index in [2.05, 4.69) is 118 Å². The first-order chi connectivity index (χ1) is 32.0. The van der Waals surface area contributed by atoms with Crippen LogP contribution in [0.25, 0.3) is 0 Å². The summed E-state index contributed by atoms with van der Waals surface area (Å²) in [5, 5.41) is 0. The van der Waals surface area contributed by atoms with Gasteiger partial charge in [0.1, 0.15) is 13.2 Å². The maximum atomic E-state index is 12.8. The Kier molecular flexibility index (Phi) is 50.0. The SMILES string of the molecule is CC/C=C/C/C=C/C/C=C/CCCCCCCC(=O)OC[C@H](COC(=O)CCCCCCCCC/C=C/C/C=C/CCCCC)OC(=O)CCCCCCC/C=C/C/C=C/C/C=C/CC. The molecule has 0 radical (unpaired) electrons. The van der Waals surface area contributed by atoms with Crippen LogP contribution in [-0.2, 0) is 28.6 Å². The summed E-state index contributed by atoms with van der Waals surface area (Å²) in [6.45, 7) is 6.35. The smallest absolute Gasteiger partial charge is 0.306 e. The van der Waals surface area contributed by atoms with Gasteiger partial charge < -0.3 is 14.2 Å². The van der Waals surface area contributed by atoms with Crippen LogP contribution in [0.2, 0.25) is 0 Å². The summed E-state index contributed by atoms with van der Waals surface area (Å²) in [7, 11) is 0. The Hall–Kier alpha value is -3.67. The lowest BCUT2D eigenvalue weighted by molar-refractivity contribution is -0.167. The van der Waals surface area contributed by atoms with Crippen molar-refractivity contribution in [1.29, 1.82) is 0 Å². The number of ether oxygens (including phenoxy) is 3. The molecule has 65 heavy (non-hydrogen) atoms. The fourth-order valence-corrected chi connectivity index (χ4v) is 7.09. The van der Waals surface area contributed by atoms with Crippen LogP contribution in [0.15, 0.2) is 97.2 Å². The van der Waals surface area contributed by atoms with Gasteiger partial charge in [-0.05, 0) is 116 Å². The molecule has 0 spiro atoms. The van der Waals surface area contributed by atoms with Crippen molar-refractivity contribution < 1.29 is 28.6 Å². The Morgan fingerprint density at radius 1 is 0.323 bits per heavy atom. The molecule has 0 aromatic rings. The fraction of sp³-hybridized carbons (Fsp3) is 0.678. The second-order valence-corrected chi connectivity index (χ2v) is 17.4. The van der Waals surface area contributed by atoms with Crippen LogP contribution in [-0.4, -0.2) is 37.2 Å². The van der Waals surface area contributed by atoms with Crippen LogP contribution in [0.1, 0.15) is 239 Å². The van der Waals surface area contributed by atoms with Crippen LogP contribution < -0.4 is 0 Å². The minimum atomic E-state index is -0.798. The molecular weight excluding hydrogens is 805 g/mol. The minimum absolute atomic E-state index is 0.0954. The second kappa shape index (κ2) is 52.9. The highest BCUT2D eigenvalue weighted by molar-refractivity contribution is 5.71. The molecule has 0 aliphatic carbocycles. The molecule has 0 heterocycles. The summed E-state index contributed by atoms with van der Waals surface area (Å²) >= 11 is 0. The second-order valence-electron chi connectivity index (χ2n) is 17.4. The average Bonchev–Trinajstić information content (AvgIpc) is 3.30. The van der Waals surface area contributed by atoms with Crippen molar-refractivity contribution in [2.45, 2.75) is 245 Å². The monoisotopic (exact) mass is 903 g/mol. The number of carbonyl (C=O) groups is 3. The number of hydrogen-bond acceptors (Lipinski definition) is 6. The lowest BCUT2D eigenvalue weighted by Gasteiger charge is -2.18. The molecule has 0 saturated heterocycles. The van der Waals surface area contributed by atoms with Crippen LogP contribution >= 0.6 is 0 Å². The van der Waals surface area contributed by atoms with Gasteiger partial charge in [0.05, 0.1) is 0 Å². The van der Waals surface area contributed by atoms with Crippen LogP contribution in [0.4, 0.5) is 0 Å². The largest absolute Gasteiger partial charge is 0.462 e. The summed E-state index contributed by atoms with van der Waals surface area (Å²) in [6.07, 6.45) is 69.6. The Balaban J connectivity index is 4.46. The summed E-state index contributed by atoms with van der Waals surface area (Å²) in [4.78, 5) is 38.1. The van der Waals surface area contributed by atoms with E-state index in [1.807, 2.05) is 0 Å². The summed E-state index contributed by atoms with van der Waals surface area (Å²) in [5.74, 6) is -0.938. The van der Waals surface area contributed by atoms with E-state index in [4.69, 9.17) is 14.2 Å². The summed E-state index contributed by atoms with van der Waals surface area (Å²) in [5.41, 5.74) is 0. The predicted octanol–water partition coefficient (Wildman–Crippen LogP) is 17.8. The number of esters is 3. The third kappa shape index (κ3) is 51.2. The van der Waals surface area contributed by atoms with E-state index in [1.54, 1.807) is 0 Å². The number of allylic oxidation sites excluding steroid dienone is 16. The van der Waals surface area contributed by atoms with Gasteiger partial charge in [0.15, 0.2) is 6.10 Å². The molecule has 0 aromatic carbocycles. The molecule has 0 fully saturated rings. The van der Waals surface area contributed by atoms with Gasteiger partial charge in [-0.25, -0.2) is 0 Å². The van der Waals surface area contributed by atoms with Gasteiger partial charge in [0.25, 0.3) is 0 Å². The topological polar surface area (TPSA) is 78.9 Å². The molecule has 0 N–H and O–H groups in total. The molecule has 0 aliphatic rings. The van der Waals surface area contributed by atoms with E-state index in [9.17, 15) is 14.4 Å². The molecule has 0 aliphatic heterocycles. The van der Waals surface area contributed by atoms with Crippen molar-refractivity contribution in [2.75, 3.05) is 13.2 Å². The Labute approximate surface area is 400 Å². The zero-order valence-corrected chi connectivity index (χ0v) is 42.2. The number of hydrogen-bond donors (Lipinski definition) is 0. The lowest BCUT2D eigenvalue weighted by Crippen LogP contribution is -2.30. The predicted molar refractivity (Wildman–Crippen MR) is 279 cm³/mol. The van der Waals surface area contributed by atoms with Gasteiger partial charge in [0, 0.05) is 19.3 Å². The summed E-state index contributed by atoms with van der Waals surface area (Å²) in [6, 6.07) is 0. The molecule has 6 heteroatoms. The van der Waals surface area contributed by atoms with Gasteiger partial charge in [-0.1, -0.05) is 201 Å². The van der Waals surface area contributed by atoms with Crippen molar-refractivity contribution in [3.05, 3.63) is 97.2 Å². The minimum Gasteiger partial charge on any atom is -0.462 e. The van der Waals surface area contributed by atoms with Crippen LogP contribution in [0, 0.1) is 0 Å². The Morgan fingerprint density at radius 3 is 0.938 bits per heavy atom. The highest BCUT2D eigenvalue weighted by Gasteiger charge is 2.19. The third-order valence-corrected chi connectivity index (χ3v) is 11.1. The fourth-order valence-electron chi connectivity index (χ4n) is 7.09. The lowest BCUT2D eigenvalue weighted by atomic mass is 10.1. The molecule has 0 bridgehead atoms. The molecule has 1 atom stereocenters. The van der Waals surface area contributed by atoms with Crippen LogP contribution in [0.3, 0.4) is 0 Å². The molecule has 0 saturated carbocycles. The maximum Gasteiger partial charge on any atom is 0.306 e. The Bertz CT molecular complexity index is 1310. The van der Waals surface area contributed by atoms with E-state index in [-0.39, 0.29) is 31.1 Å². The van der Waals surface area contributed by atoms with Gasteiger partial charge >= 0.3 is 17.9 Å². The van der Waals surface area contributed by atoms with Crippen molar-refractivity contribution in [3.63, 3.8) is 0 Å². The normalized spacial score (nSPS) is 12.8. The highest BCUT2D eigenvalue weighted by atomic mass is 16.6. The van der Waals surface area contributed by atoms with E-state index >= 15 is 0 Å². The number of unbranched alkanes of at least 4 members (excludes halogenated alkanes) is 20. The van der Waals surface area contributed by atoms with Crippen molar-refractivity contribution in [3.8, 4) is 0 Å². The number of rotatable bonds is 47. The average molecular weight is 903 g/mol. The molecule has 0 amide bonds. The molecule has 6 nitrogen and oxygen atoms in total. The highest BCUT2D eigenvalue weighted by Crippen LogP contribution is 2.14. The zero-order chi connectivity index (χ0) is 47.2. The van der Waals surface area contributed by atoms with E-state index < -0.39 is 6.10 Å². The number of carbonyl (C=O) groups excluding carboxylic acids is 3. The molecular formula is C59H98O6. The quantitative estimate of drug-likeness (QED) is 0.0262. The molecule has 0 unspecified atom stereocenters. The van der Waals surface area contributed by atoms with E-state index in [1.165, 1.54) is 51.4 Å². The molecule has 0 aromatic heterocycles. The maximum absolute atomic E-state index is 12.8.